The van der Waals surface area contributed by atoms with Crippen LogP contribution < -0.4 is 0 Å². The molecule has 2 atom stereocenters. The predicted octanol–water partition coefficient (Wildman–Crippen LogP) is 4.53. The molecule has 126 valence electrons. The van der Waals surface area contributed by atoms with Crippen molar-refractivity contribution in [3.63, 3.8) is 0 Å². The van der Waals surface area contributed by atoms with E-state index >= 15 is 0 Å². The Hall–Kier alpha value is -1.59. The first-order valence-electron chi connectivity index (χ1n) is 7.43. The highest BCUT2D eigenvalue weighted by Gasteiger charge is 2.44. The lowest BCUT2D eigenvalue weighted by molar-refractivity contribution is -0.159. The van der Waals surface area contributed by atoms with Crippen LogP contribution in [0.2, 0.25) is 5.02 Å². The molecular formula is C18H16Cl2O4. The first kappa shape index (κ1) is 17.2. The van der Waals surface area contributed by atoms with Crippen molar-refractivity contribution in [3.05, 3.63) is 69.7 Å². The smallest absolute Gasteiger partial charge is 0.336 e. The van der Waals surface area contributed by atoms with Gasteiger partial charge in [0.05, 0.1) is 18.1 Å². The molecule has 0 unspecified atom stereocenters. The Morgan fingerprint density at radius 3 is 2.62 bits per heavy atom. The van der Waals surface area contributed by atoms with Crippen molar-refractivity contribution >= 4 is 29.2 Å². The number of hydrogen-bond acceptors (Lipinski definition) is 3. The number of carboxylic acid groups (broad SMARTS) is 1. The van der Waals surface area contributed by atoms with Crippen molar-refractivity contribution in [2.75, 3.05) is 12.5 Å². The maximum Gasteiger partial charge on any atom is 0.336 e. The van der Waals surface area contributed by atoms with Crippen molar-refractivity contribution in [1.82, 2.24) is 0 Å². The maximum absolute atomic E-state index is 11.5. The maximum atomic E-state index is 11.5. The lowest BCUT2D eigenvalue weighted by Crippen LogP contribution is -2.29. The lowest BCUT2D eigenvalue weighted by atomic mass is 10.00. The molecule has 4 nitrogen and oxygen atoms in total. The number of carboxylic acids is 1. The largest absolute Gasteiger partial charge is 0.478 e. The molecule has 6 heteroatoms. The standard InChI is InChI=1S/C18H16Cl2O4/c1-11-2-7-14(17(21)22)15(8-11)16-9-23-18(10-19,24-16)12-3-5-13(20)6-4-12/h2-8,16H,9-10H2,1H3,(H,21,22)/t16-,18-/m1/s1. The van der Waals surface area contributed by atoms with Gasteiger partial charge in [0.15, 0.2) is 0 Å². The molecule has 24 heavy (non-hydrogen) atoms. The molecule has 2 aromatic carbocycles. The van der Waals surface area contributed by atoms with E-state index in [1.807, 2.05) is 13.0 Å². The fourth-order valence-corrected chi connectivity index (χ4v) is 3.23. The summed E-state index contributed by atoms with van der Waals surface area (Å²) in [4.78, 5) is 11.5. The van der Waals surface area contributed by atoms with Gasteiger partial charge in [-0.2, -0.15) is 0 Å². The molecule has 2 aromatic rings. The third kappa shape index (κ3) is 3.15. The van der Waals surface area contributed by atoms with Gasteiger partial charge in [-0.1, -0.05) is 41.4 Å². The summed E-state index contributed by atoms with van der Waals surface area (Å²) in [6, 6.07) is 12.2. The molecule has 1 fully saturated rings. The first-order chi connectivity index (χ1) is 11.4. The van der Waals surface area contributed by atoms with Gasteiger partial charge in [-0.25, -0.2) is 4.79 Å². The zero-order chi connectivity index (χ0) is 17.3. The Bertz CT molecular complexity index is 760. The Morgan fingerprint density at radius 2 is 2.00 bits per heavy atom. The molecule has 0 spiro atoms. The summed E-state index contributed by atoms with van der Waals surface area (Å²) in [5, 5.41) is 10.0. The summed E-state index contributed by atoms with van der Waals surface area (Å²) in [6.07, 6.45) is -0.509. The molecule has 0 aliphatic carbocycles. The van der Waals surface area contributed by atoms with E-state index < -0.39 is 17.9 Å². The molecular weight excluding hydrogens is 351 g/mol. The van der Waals surface area contributed by atoms with E-state index in [0.29, 0.717) is 10.6 Å². The number of benzene rings is 2. The van der Waals surface area contributed by atoms with Crippen molar-refractivity contribution in [2.45, 2.75) is 18.8 Å². The summed E-state index contributed by atoms with van der Waals surface area (Å²) in [5.74, 6) is -2.03. The van der Waals surface area contributed by atoms with Gasteiger partial charge in [-0.15, -0.1) is 11.6 Å². The lowest BCUT2D eigenvalue weighted by Gasteiger charge is -2.26. The minimum Gasteiger partial charge on any atom is -0.478 e. The second kappa shape index (κ2) is 6.73. The van der Waals surface area contributed by atoms with Gasteiger partial charge in [0.25, 0.3) is 0 Å². The zero-order valence-corrected chi connectivity index (χ0v) is 14.5. The van der Waals surface area contributed by atoms with E-state index in [2.05, 4.69) is 0 Å². The fraction of sp³-hybridized carbons (Fsp3) is 0.278. The van der Waals surface area contributed by atoms with Gasteiger partial charge in [0.1, 0.15) is 6.10 Å². The molecule has 1 heterocycles. The van der Waals surface area contributed by atoms with Crippen molar-refractivity contribution in [2.24, 2.45) is 0 Å². The van der Waals surface area contributed by atoms with Gasteiger partial charge >= 0.3 is 5.97 Å². The van der Waals surface area contributed by atoms with Crippen LogP contribution >= 0.6 is 23.2 Å². The quantitative estimate of drug-likeness (QED) is 0.807. The van der Waals surface area contributed by atoms with Gasteiger partial charge in [-0.3, -0.25) is 0 Å². The van der Waals surface area contributed by atoms with Crippen LogP contribution in [0.1, 0.15) is 33.2 Å². The van der Waals surface area contributed by atoms with Crippen LogP contribution in [0.15, 0.2) is 42.5 Å². The first-order valence-corrected chi connectivity index (χ1v) is 8.34. The average Bonchev–Trinajstić information content (AvgIpc) is 3.01. The zero-order valence-electron chi connectivity index (χ0n) is 13.0. The SMILES string of the molecule is Cc1ccc(C(=O)O)c([C@H]2CO[C@@](CCl)(c3ccc(Cl)cc3)O2)c1. The highest BCUT2D eigenvalue weighted by molar-refractivity contribution is 6.30. The van der Waals surface area contributed by atoms with E-state index in [1.165, 1.54) is 0 Å². The number of aryl methyl sites for hydroxylation is 1. The molecule has 0 saturated carbocycles. The summed E-state index contributed by atoms with van der Waals surface area (Å²) in [6.45, 7) is 2.12. The molecule has 0 aromatic heterocycles. The third-order valence-corrected chi connectivity index (χ3v) is 4.65. The van der Waals surface area contributed by atoms with Crippen LogP contribution in [0.3, 0.4) is 0 Å². The monoisotopic (exact) mass is 366 g/mol. The summed E-state index contributed by atoms with van der Waals surface area (Å²) in [5.41, 5.74) is 2.49. The second-order valence-electron chi connectivity index (χ2n) is 5.71. The van der Waals surface area contributed by atoms with E-state index in [4.69, 9.17) is 32.7 Å². The Labute approximate surface area is 149 Å². The van der Waals surface area contributed by atoms with Crippen molar-refractivity contribution < 1.29 is 19.4 Å². The number of halogens is 2. The van der Waals surface area contributed by atoms with E-state index in [9.17, 15) is 9.90 Å². The number of carbonyl (C=O) groups is 1. The molecule has 1 aliphatic heterocycles. The normalized spacial score (nSPS) is 23.4. The van der Waals surface area contributed by atoms with Gasteiger partial charge in [-0.05, 0) is 30.7 Å². The van der Waals surface area contributed by atoms with E-state index in [0.717, 1.165) is 11.1 Å². The van der Waals surface area contributed by atoms with Crippen molar-refractivity contribution in [3.8, 4) is 0 Å². The molecule has 1 aliphatic rings. The topological polar surface area (TPSA) is 55.8 Å². The minimum absolute atomic E-state index is 0.0827. The predicted molar refractivity (Wildman–Crippen MR) is 91.8 cm³/mol. The Balaban J connectivity index is 1.96. The highest BCUT2D eigenvalue weighted by atomic mass is 35.5. The Morgan fingerprint density at radius 1 is 1.29 bits per heavy atom. The second-order valence-corrected chi connectivity index (χ2v) is 6.41. The van der Waals surface area contributed by atoms with Crippen LogP contribution in [0, 0.1) is 6.92 Å². The highest BCUT2D eigenvalue weighted by Crippen LogP contribution is 2.42. The van der Waals surface area contributed by atoms with Gasteiger partial charge in [0, 0.05) is 10.6 Å². The van der Waals surface area contributed by atoms with Crippen molar-refractivity contribution in [1.29, 1.82) is 0 Å². The number of aromatic carboxylic acids is 1. The summed E-state index contributed by atoms with van der Waals surface area (Å²) in [7, 11) is 0. The summed E-state index contributed by atoms with van der Waals surface area (Å²) >= 11 is 12.1. The fourth-order valence-electron chi connectivity index (χ4n) is 2.81. The minimum atomic E-state index is -1.11. The molecule has 1 N–H and O–H groups in total. The Kier molecular flexibility index (Phi) is 4.83. The summed E-state index contributed by atoms with van der Waals surface area (Å²) < 4.78 is 12.0. The molecule has 3 rings (SSSR count). The number of ether oxygens (including phenoxy) is 2. The van der Waals surface area contributed by atoms with Gasteiger partial charge in [0.2, 0.25) is 5.79 Å². The van der Waals surface area contributed by atoms with E-state index in [1.54, 1.807) is 36.4 Å². The molecule has 0 bridgehead atoms. The molecule has 0 radical (unpaired) electrons. The van der Waals surface area contributed by atoms with Crippen LogP contribution in [-0.2, 0) is 15.3 Å². The van der Waals surface area contributed by atoms with E-state index in [-0.39, 0.29) is 18.1 Å². The number of hydrogen-bond donors (Lipinski definition) is 1. The third-order valence-electron chi connectivity index (χ3n) is 4.04. The number of alkyl halides is 1. The van der Waals surface area contributed by atoms with Crippen LogP contribution in [0.25, 0.3) is 0 Å². The average molecular weight is 367 g/mol. The number of rotatable bonds is 4. The van der Waals surface area contributed by atoms with Crippen LogP contribution in [0.4, 0.5) is 0 Å². The van der Waals surface area contributed by atoms with Crippen LogP contribution in [0.5, 0.6) is 0 Å². The van der Waals surface area contributed by atoms with Crippen LogP contribution in [-0.4, -0.2) is 23.6 Å². The van der Waals surface area contributed by atoms with Gasteiger partial charge < -0.3 is 14.6 Å². The molecule has 1 saturated heterocycles. The molecule has 0 amide bonds.